The molecule has 0 aliphatic rings. The molecule has 0 spiro atoms. The maximum atomic E-state index is 12.8. The Morgan fingerprint density at radius 1 is 0.760 bits per heavy atom. The summed E-state index contributed by atoms with van der Waals surface area (Å²) in [5, 5.41) is 0. The van der Waals surface area contributed by atoms with Gasteiger partial charge in [0.15, 0.2) is 5.41 Å². The van der Waals surface area contributed by atoms with Crippen molar-refractivity contribution in [1.82, 2.24) is 0 Å². The first-order valence-corrected chi connectivity index (χ1v) is 10.1. The minimum Gasteiger partial charge on any atom is -0.465 e. The van der Waals surface area contributed by atoms with E-state index in [2.05, 4.69) is 27.7 Å². The van der Waals surface area contributed by atoms with Crippen molar-refractivity contribution in [2.75, 3.05) is 13.2 Å². The summed E-state index contributed by atoms with van der Waals surface area (Å²) in [5.74, 6) is 0.276. The molecule has 148 valence electrons. The van der Waals surface area contributed by atoms with E-state index in [4.69, 9.17) is 9.47 Å². The molecule has 4 heteroatoms. The second kappa shape index (κ2) is 13.2. The van der Waals surface area contributed by atoms with Crippen LogP contribution >= 0.6 is 0 Å². The van der Waals surface area contributed by atoms with Crippen LogP contribution < -0.4 is 0 Å². The molecule has 0 aliphatic carbocycles. The first kappa shape index (κ1) is 23.9. The lowest BCUT2D eigenvalue weighted by Gasteiger charge is -2.30. The van der Waals surface area contributed by atoms with Crippen molar-refractivity contribution in [1.29, 1.82) is 0 Å². The number of carbonyl (C=O) groups is 2. The Kier molecular flexibility index (Phi) is 12.6. The van der Waals surface area contributed by atoms with Crippen LogP contribution in [0, 0.1) is 17.3 Å². The van der Waals surface area contributed by atoms with E-state index in [0.717, 1.165) is 38.5 Å². The predicted octanol–water partition coefficient (Wildman–Crippen LogP) is 5.53. The minimum atomic E-state index is -1.13. The summed E-state index contributed by atoms with van der Waals surface area (Å²) in [7, 11) is 0. The van der Waals surface area contributed by atoms with Crippen LogP contribution in [0.25, 0.3) is 0 Å². The number of ether oxygens (including phenoxy) is 2. The second-order valence-electron chi connectivity index (χ2n) is 7.93. The van der Waals surface area contributed by atoms with Crippen molar-refractivity contribution in [3.05, 3.63) is 0 Å². The van der Waals surface area contributed by atoms with Crippen LogP contribution in [0.1, 0.15) is 92.9 Å². The standard InChI is InChI=1S/C21H40O4/c1-7-15-24-19(22)21(14-12-18(5)6,20(23)25-16-8-2)13-10-9-11-17(3)4/h17-18H,7-16H2,1-6H3. The highest BCUT2D eigenvalue weighted by molar-refractivity contribution is 6.00. The summed E-state index contributed by atoms with van der Waals surface area (Å²) >= 11 is 0. The van der Waals surface area contributed by atoms with E-state index in [0.29, 0.717) is 37.9 Å². The van der Waals surface area contributed by atoms with Crippen LogP contribution in [0.2, 0.25) is 0 Å². The van der Waals surface area contributed by atoms with Crippen molar-refractivity contribution in [3.8, 4) is 0 Å². The molecule has 0 heterocycles. The van der Waals surface area contributed by atoms with E-state index in [1.54, 1.807) is 0 Å². The Balaban J connectivity index is 5.28. The minimum absolute atomic E-state index is 0.356. The molecule has 0 unspecified atom stereocenters. The number of unbranched alkanes of at least 4 members (excludes halogenated alkanes) is 1. The lowest BCUT2D eigenvalue weighted by Crippen LogP contribution is -2.42. The molecule has 0 atom stereocenters. The molecule has 4 nitrogen and oxygen atoms in total. The van der Waals surface area contributed by atoms with Crippen molar-refractivity contribution < 1.29 is 19.1 Å². The molecule has 0 aromatic carbocycles. The van der Waals surface area contributed by atoms with E-state index in [-0.39, 0.29) is 11.9 Å². The zero-order chi connectivity index (χ0) is 19.3. The zero-order valence-corrected chi connectivity index (χ0v) is 17.4. The lowest BCUT2D eigenvalue weighted by atomic mass is 9.76. The quantitative estimate of drug-likeness (QED) is 0.233. The molecular weight excluding hydrogens is 316 g/mol. The molecular formula is C21H40O4. The van der Waals surface area contributed by atoms with Crippen molar-refractivity contribution in [3.63, 3.8) is 0 Å². The third-order valence-corrected chi connectivity index (χ3v) is 4.44. The van der Waals surface area contributed by atoms with E-state index >= 15 is 0 Å². The van der Waals surface area contributed by atoms with Gasteiger partial charge in [0.05, 0.1) is 13.2 Å². The largest absolute Gasteiger partial charge is 0.465 e. The molecule has 0 aliphatic heterocycles. The van der Waals surface area contributed by atoms with Gasteiger partial charge in [0, 0.05) is 0 Å². The average Bonchev–Trinajstić information content (AvgIpc) is 2.56. The Morgan fingerprint density at radius 2 is 1.24 bits per heavy atom. The topological polar surface area (TPSA) is 52.6 Å². The van der Waals surface area contributed by atoms with E-state index < -0.39 is 5.41 Å². The fraction of sp³-hybridized carbons (Fsp3) is 0.905. The zero-order valence-electron chi connectivity index (χ0n) is 17.4. The van der Waals surface area contributed by atoms with Crippen molar-refractivity contribution in [2.24, 2.45) is 17.3 Å². The van der Waals surface area contributed by atoms with Gasteiger partial charge in [-0.3, -0.25) is 9.59 Å². The number of carbonyl (C=O) groups excluding carboxylic acids is 2. The summed E-state index contributed by atoms with van der Waals surface area (Å²) in [6.07, 6.45) is 6.32. The molecule has 0 radical (unpaired) electrons. The summed E-state index contributed by atoms with van der Waals surface area (Å²) in [5.41, 5.74) is -1.13. The van der Waals surface area contributed by atoms with E-state index in [9.17, 15) is 9.59 Å². The maximum absolute atomic E-state index is 12.8. The highest BCUT2D eigenvalue weighted by atomic mass is 16.6. The fourth-order valence-corrected chi connectivity index (χ4v) is 2.80. The van der Waals surface area contributed by atoms with Gasteiger partial charge < -0.3 is 9.47 Å². The molecule has 0 aromatic rings. The van der Waals surface area contributed by atoms with Gasteiger partial charge in [-0.1, -0.05) is 60.8 Å². The van der Waals surface area contributed by atoms with Crippen LogP contribution in [0.3, 0.4) is 0 Å². The van der Waals surface area contributed by atoms with Gasteiger partial charge in [0.2, 0.25) is 0 Å². The average molecular weight is 357 g/mol. The molecule has 0 aromatic heterocycles. The molecule has 0 bridgehead atoms. The normalized spacial score (nSPS) is 11.8. The third kappa shape index (κ3) is 9.27. The number of esters is 2. The molecule has 0 saturated heterocycles. The smallest absolute Gasteiger partial charge is 0.323 e. The van der Waals surface area contributed by atoms with Crippen LogP contribution in [0.5, 0.6) is 0 Å². The first-order chi connectivity index (χ1) is 11.8. The van der Waals surface area contributed by atoms with E-state index in [1.807, 2.05) is 13.8 Å². The first-order valence-electron chi connectivity index (χ1n) is 10.1. The Hall–Kier alpha value is -1.06. The third-order valence-electron chi connectivity index (χ3n) is 4.44. The molecule has 0 N–H and O–H groups in total. The van der Waals surface area contributed by atoms with Gasteiger partial charge >= 0.3 is 11.9 Å². The molecule has 25 heavy (non-hydrogen) atoms. The Bertz CT molecular complexity index is 354. The molecule has 0 rings (SSSR count). The Labute approximate surface area is 155 Å². The van der Waals surface area contributed by atoms with E-state index in [1.165, 1.54) is 0 Å². The Morgan fingerprint density at radius 3 is 1.64 bits per heavy atom. The summed E-state index contributed by atoms with van der Waals surface area (Å²) in [4.78, 5) is 25.7. The van der Waals surface area contributed by atoms with Crippen LogP contribution in [0.4, 0.5) is 0 Å². The number of rotatable bonds is 14. The number of hydrogen-bond donors (Lipinski definition) is 0. The highest BCUT2D eigenvalue weighted by Gasteiger charge is 2.48. The van der Waals surface area contributed by atoms with Crippen LogP contribution in [-0.4, -0.2) is 25.2 Å². The lowest BCUT2D eigenvalue weighted by molar-refractivity contribution is -0.174. The van der Waals surface area contributed by atoms with Gasteiger partial charge in [-0.05, 0) is 43.9 Å². The van der Waals surface area contributed by atoms with Gasteiger partial charge in [-0.2, -0.15) is 0 Å². The van der Waals surface area contributed by atoms with Crippen LogP contribution in [0.15, 0.2) is 0 Å². The maximum Gasteiger partial charge on any atom is 0.323 e. The van der Waals surface area contributed by atoms with Crippen molar-refractivity contribution >= 4 is 11.9 Å². The van der Waals surface area contributed by atoms with Gasteiger partial charge in [0.25, 0.3) is 0 Å². The second-order valence-corrected chi connectivity index (χ2v) is 7.93. The molecule has 0 saturated carbocycles. The summed E-state index contributed by atoms with van der Waals surface area (Å²) in [6, 6.07) is 0. The van der Waals surface area contributed by atoms with Crippen molar-refractivity contribution in [2.45, 2.75) is 92.9 Å². The molecule has 0 amide bonds. The van der Waals surface area contributed by atoms with Gasteiger partial charge in [-0.25, -0.2) is 0 Å². The predicted molar refractivity (Wildman–Crippen MR) is 102 cm³/mol. The summed E-state index contributed by atoms with van der Waals surface area (Å²) in [6.45, 7) is 13.2. The fourth-order valence-electron chi connectivity index (χ4n) is 2.80. The van der Waals surface area contributed by atoms with Crippen LogP contribution in [-0.2, 0) is 19.1 Å². The number of hydrogen-bond acceptors (Lipinski definition) is 4. The van der Waals surface area contributed by atoms with Gasteiger partial charge in [-0.15, -0.1) is 0 Å². The van der Waals surface area contributed by atoms with Gasteiger partial charge in [0.1, 0.15) is 0 Å². The molecule has 0 fully saturated rings. The monoisotopic (exact) mass is 356 g/mol. The summed E-state index contributed by atoms with van der Waals surface area (Å²) < 4.78 is 10.9. The SMILES string of the molecule is CCCOC(=O)C(CCCCC(C)C)(CCC(C)C)C(=O)OCCC. The highest BCUT2D eigenvalue weighted by Crippen LogP contribution is 2.36.